The highest BCUT2D eigenvalue weighted by Gasteiger charge is 2.04. The van der Waals surface area contributed by atoms with Crippen LogP contribution in [-0.2, 0) is 0 Å². The molecule has 0 radical (unpaired) electrons. The van der Waals surface area contributed by atoms with Gasteiger partial charge in [-0.2, -0.15) is 0 Å². The minimum atomic E-state index is -0.0983. The number of hydrogen-bond acceptors (Lipinski definition) is 3. The van der Waals surface area contributed by atoms with Gasteiger partial charge in [0, 0.05) is 11.2 Å². The Labute approximate surface area is 126 Å². The number of hydrogen-bond donors (Lipinski definition) is 0. The average molecular weight is 298 g/mol. The third-order valence-electron chi connectivity index (χ3n) is 3.21. The number of halogens is 1. The van der Waals surface area contributed by atoms with Crippen molar-refractivity contribution in [2.45, 2.75) is 6.92 Å². The maximum Gasteiger partial charge on any atom is 0.201 e. The number of fused-ring (bicyclic) bond motifs is 1. The molecule has 4 heteroatoms. The molecule has 3 aromatic rings. The van der Waals surface area contributed by atoms with E-state index < -0.39 is 0 Å². The van der Waals surface area contributed by atoms with Crippen molar-refractivity contribution in [1.82, 2.24) is 0 Å². The first-order valence-corrected chi connectivity index (χ1v) is 6.84. The summed E-state index contributed by atoms with van der Waals surface area (Å²) in [6, 6.07) is 12.6. The van der Waals surface area contributed by atoms with E-state index in [1.165, 1.54) is 12.5 Å². The minimum Gasteiger partial charge on any atom is -0.463 e. The molecule has 0 bridgehead atoms. The summed E-state index contributed by atoms with van der Waals surface area (Å²) in [6.07, 6.45) is 2.92. The fraction of sp³-hybridized carbons (Fsp3) is 0.0588. The Balaban J connectivity index is 2.01. The van der Waals surface area contributed by atoms with Crippen LogP contribution in [0.4, 0.5) is 5.69 Å². The van der Waals surface area contributed by atoms with Gasteiger partial charge in [0.1, 0.15) is 11.8 Å². The molecule has 0 unspecified atom stereocenters. The van der Waals surface area contributed by atoms with Crippen LogP contribution >= 0.6 is 11.6 Å². The van der Waals surface area contributed by atoms with E-state index in [2.05, 4.69) is 4.99 Å². The van der Waals surface area contributed by atoms with Gasteiger partial charge in [0.05, 0.1) is 16.6 Å². The second kappa shape index (κ2) is 5.54. The molecule has 0 fully saturated rings. The lowest BCUT2D eigenvalue weighted by molar-refractivity contribution is 0.601. The Kier molecular flexibility index (Phi) is 3.59. The molecule has 3 nitrogen and oxygen atoms in total. The van der Waals surface area contributed by atoms with Crippen LogP contribution in [0.1, 0.15) is 11.1 Å². The van der Waals surface area contributed by atoms with Crippen molar-refractivity contribution in [3.8, 4) is 0 Å². The maximum atomic E-state index is 12.3. The molecule has 1 heterocycles. The minimum absolute atomic E-state index is 0.0983. The zero-order valence-corrected chi connectivity index (χ0v) is 12.1. The lowest BCUT2D eigenvalue weighted by Gasteiger charge is -1.99. The molecule has 0 amide bonds. The molecule has 104 valence electrons. The quantitative estimate of drug-likeness (QED) is 0.653. The van der Waals surface area contributed by atoms with Gasteiger partial charge in [0.15, 0.2) is 0 Å². The largest absolute Gasteiger partial charge is 0.463 e. The van der Waals surface area contributed by atoms with Crippen molar-refractivity contribution < 1.29 is 4.42 Å². The van der Waals surface area contributed by atoms with Crippen molar-refractivity contribution in [2.75, 3.05) is 0 Å². The van der Waals surface area contributed by atoms with Crippen LogP contribution in [-0.4, -0.2) is 6.21 Å². The van der Waals surface area contributed by atoms with Crippen LogP contribution in [0, 0.1) is 6.92 Å². The van der Waals surface area contributed by atoms with E-state index in [9.17, 15) is 4.79 Å². The summed E-state index contributed by atoms with van der Waals surface area (Å²) in [5, 5.41) is 1.19. The summed E-state index contributed by atoms with van der Waals surface area (Å²) in [5.74, 6) is 0. The standard InChI is InChI=1S/C17H12ClNO2/c1-11-6-7-13(8-15(11)18)19-9-12-10-21-16-5-3-2-4-14(16)17(12)20/h2-10H,1H3. The van der Waals surface area contributed by atoms with Gasteiger partial charge in [0.25, 0.3) is 0 Å². The van der Waals surface area contributed by atoms with Crippen molar-refractivity contribution in [2.24, 2.45) is 4.99 Å². The van der Waals surface area contributed by atoms with Gasteiger partial charge in [-0.25, -0.2) is 0 Å². The van der Waals surface area contributed by atoms with Crippen LogP contribution in [0.3, 0.4) is 0 Å². The van der Waals surface area contributed by atoms with Crippen molar-refractivity contribution in [3.05, 3.63) is 75.1 Å². The Morgan fingerprint density at radius 1 is 1.19 bits per heavy atom. The Morgan fingerprint density at radius 2 is 2.00 bits per heavy atom. The van der Waals surface area contributed by atoms with Gasteiger partial charge in [-0.15, -0.1) is 0 Å². The smallest absolute Gasteiger partial charge is 0.201 e. The molecule has 0 N–H and O–H groups in total. The molecule has 3 rings (SSSR count). The van der Waals surface area contributed by atoms with Crippen LogP contribution in [0.5, 0.6) is 0 Å². The Bertz CT molecular complexity index is 897. The molecule has 2 aromatic carbocycles. The molecule has 0 aliphatic carbocycles. The molecule has 0 saturated carbocycles. The van der Waals surface area contributed by atoms with Gasteiger partial charge in [-0.05, 0) is 36.8 Å². The monoisotopic (exact) mass is 297 g/mol. The SMILES string of the molecule is Cc1ccc(N=Cc2coc3ccccc3c2=O)cc1Cl. The lowest BCUT2D eigenvalue weighted by Crippen LogP contribution is -2.07. The first-order chi connectivity index (χ1) is 10.1. The summed E-state index contributed by atoms with van der Waals surface area (Å²) in [7, 11) is 0. The van der Waals surface area contributed by atoms with Gasteiger partial charge < -0.3 is 4.42 Å². The summed E-state index contributed by atoms with van der Waals surface area (Å²) in [5.41, 5.74) is 2.56. The first kappa shape index (κ1) is 13.6. The fourth-order valence-corrected chi connectivity index (χ4v) is 2.16. The highest BCUT2D eigenvalue weighted by molar-refractivity contribution is 6.31. The van der Waals surface area contributed by atoms with Crippen molar-refractivity contribution in [1.29, 1.82) is 0 Å². The zero-order chi connectivity index (χ0) is 14.8. The van der Waals surface area contributed by atoms with E-state index in [4.69, 9.17) is 16.0 Å². The highest BCUT2D eigenvalue weighted by Crippen LogP contribution is 2.22. The lowest BCUT2D eigenvalue weighted by atomic mass is 10.2. The summed E-state index contributed by atoms with van der Waals surface area (Å²) in [6.45, 7) is 1.92. The normalized spacial score (nSPS) is 11.3. The predicted molar refractivity (Wildman–Crippen MR) is 85.9 cm³/mol. The first-order valence-electron chi connectivity index (χ1n) is 6.46. The number of rotatable bonds is 2. The summed E-state index contributed by atoms with van der Waals surface area (Å²) < 4.78 is 5.44. The molecule has 0 atom stereocenters. The second-order valence-corrected chi connectivity index (χ2v) is 5.12. The van der Waals surface area contributed by atoms with Gasteiger partial charge in [0.2, 0.25) is 5.43 Å². The van der Waals surface area contributed by atoms with E-state index >= 15 is 0 Å². The van der Waals surface area contributed by atoms with Crippen molar-refractivity contribution >= 4 is 34.5 Å². The van der Waals surface area contributed by atoms with Crippen molar-refractivity contribution in [3.63, 3.8) is 0 Å². The molecule has 0 aliphatic heterocycles. The molecular formula is C17H12ClNO2. The number of nitrogens with zero attached hydrogens (tertiary/aromatic N) is 1. The van der Waals surface area contributed by atoms with E-state index in [-0.39, 0.29) is 5.43 Å². The molecule has 1 aromatic heterocycles. The fourth-order valence-electron chi connectivity index (χ4n) is 1.99. The number of aryl methyl sites for hydroxylation is 1. The van der Waals surface area contributed by atoms with Crippen LogP contribution in [0.2, 0.25) is 5.02 Å². The van der Waals surface area contributed by atoms with Crippen LogP contribution < -0.4 is 5.43 Å². The molecule has 0 aliphatic rings. The third-order valence-corrected chi connectivity index (χ3v) is 3.62. The molecule has 21 heavy (non-hydrogen) atoms. The highest BCUT2D eigenvalue weighted by atomic mass is 35.5. The van der Waals surface area contributed by atoms with Crippen LogP contribution in [0.25, 0.3) is 11.0 Å². The zero-order valence-electron chi connectivity index (χ0n) is 11.3. The topological polar surface area (TPSA) is 42.6 Å². The summed E-state index contributed by atoms with van der Waals surface area (Å²) >= 11 is 6.05. The van der Waals surface area contributed by atoms with E-state index in [0.717, 1.165) is 5.56 Å². The number of benzene rings is 2. The predicted octanol–water partition coefficient (Wildman–Crippen LogP) is 4.51. The average Bonchev–Trinajstić information content (AvgIpc) is 2.50. The molecule has 0 spiro atoms. The van der Waals surface area contributed by atoms with Gasteiger partial charge >= 0.3 is 0 Å². The maximum absolute atomic E-state index is 12.3. The van der Waals surface area contributed by atoms with Crippen LogP contribution in [0.15, 0.2) is 62.9 Å². The number of aliphatic imine (C=N–C) groups is 1. The van der Waals surface area contributed by atoms with Gasteiger partial charge in [-0.1, -0.05) is 29.8 Å². The van der Waals surface area contributed by atoms with E-state index in [1.54, 1.807) is 24.3 Å². The Morgan fingerprint density at radius 3 is 2.81 bits per heavy atom. The second-order valence-electron chi connectivity index (χ2n) is 4.71. The Hall–Kier alpha value is -2.39. The molecular weight excluding hydrogens is 286 g/mol. The van der Waals surface area contributed by atoms with E-state index in [0.29, 0.717) is 27.2 Å². The third kappa shape index (κ3) is 2.73. The van der Waals surface area contributed by atoms with E-state index in [1.807, 2.05) is 25.1 Å². The van der Waals surface area contributed by atoms with Gasteiger partial charge in [-0.3, -0.25) is 9.79 Å². The molecule has 0 saturated heterocycles. The number of para-hydroxylation sites is 1. The summed E-state index contributed by atoms with van der Waals surface area (Å²) in [4.78, 5) is 16.6.